The molecule has 108 valence electrons. The lowest BCUT2D eigenvalue weighted by Crippen LogP contribution is -2.30. The zero-order valence-electron chi connectivity index (χ0n) is 11.8. The number of nitrogens with one attached hydrogen (secondary N) is 2. The van der Waals surface area contributed by atoms with E-state index in [4.69, 9.17) is 4.74 Å². The summed E-state index contributed by atoms with van der Waals surface area (Å²) >= 11 is 0. The smallest absolute Gasteiger partial charge is 0.328 e. The van der Waals surface area contributed by atoms with E-state index >= 15 is 0 Å². The van der Waals surface area contributed by atoms with Crippen molar-refractivity contribution in [1.82, 2.24) is 5.32 Å². The minimum Gasteiger partial charge on any atom is -0.467 e. The van der Waals surface area contributed by atoms with Gasteiger partial charge < -0.3 is 15.4 Å². The molecular formula is C15H20N2O3. The number of anilines is 1. The average molecular weight is 276 g/mol. The van der Waals surface area contributed by atoms with Gasteiger partial charge in [-0.3, -0.25) is 4.79 Å². The third-order valence-electron chi connectivity index (χ3n) is 3.27. The molecule has 0 spiro atoms. The van der Waals surface area contributed by atoms with E-state index < -0.39 is 6.04 Å². The number of benzene rings is 1. The van der Waals surface area contributed by atoms with Gasteiger partial charge in [-0.1, -0.05) is 13.0 Å². The van der Waals surface area contributed by atoms with Gasteiger partial charge in [0.15, 0.2) is 0 Å². The van der Waals surface area contributed by atoms with Gasteiger partial charge in [-0.25, -0.2) is 4.79 Å². The summed E-state index contributed by atoms with van der Waals surface area (Å²) in [6.07, 6.45) is 2.74. The molecule has 1 unspecified atom stereocenters. The van der Waals surface area contributed by atoms with E-state index in [1.807, 2.05) is 13.0 Å². The van der Waals surface area contributed by atoms with Crippen LogP contribution in [0.15, 0.2) is 24.3 Å². The van der Waals surface area contributed by atoms with Gasteiger partial charge in [0.1, 0.15) is 6.04 Å². The number of hydrogen-bond acceptors (Lipinski definition) is 4. The fourth-order valence-corrected chi connectivity index (χ4v) is 1.92. The van der Waals surface area contributed by atoms with Crippen LogP contribution in [0.5, 0.6) is 0 Å². The first-order valence-corrected chi connectivity index (χ1v) is 6.89. The molecule has 0 heterocycles. The molecule has 1 fully saturated rings. The van der Waals surface area contributed by atoms with Crippen molar-refractivity contribution in [2.45, 2.75) is 38.3 Å². The topological polar surface area (TPSA) is 67.4 Å². The summed E-state index contributed by atoms with van der Waals surface area (Å²) in [7, 11) is 1.37. The quantitative estimate of drug-likeness (QED) is 0.779. The Morgan fingerprint density at radius 3 is 2.75 bits per heavy atom. The van der Waals surface area contributed by atoms with Gasteiger partial charge in [-0.2, -0.15) is 0 Å². The molecule has 0 radical (unpaired) electrons. The molecule has 0 aromatic heterocycles. The highest BCUT2D eigenvalue weighted by Crippen LogP contribution is 2.20. The fourth-order valence-electron chi connectivity index (χ4n) is 1.92. The second-order valence-electron chi connectivity index (χ2n) is 4.96. The lowest BCUT2D eigenvalue weighted by atomic mass is 10.1. The summed E-state index contributed by atoms with van der Waals surface area (Å²) in [5, 5.41) is 6.03. The first-order valence-electron chi connectivity index (χ1n) is 6.89. The highest BCUT2D eigenvalue weighted by Gasteiger charge is 2.24. The molecule has 1 saturated carbocycles. The third kappa shape index (κ3) is 3.73. The maximum atomic E-state index is 12.0. The molecule has 1 aromatic rings. The van der Waals surface area contributed by atoms with E-state index in [0.29, 0.717) is 18.0 Å². The molecule has 5 nitrogen and oxygen atoms in total. The van der Waals surface area contributed by atoms with Gasteiger partial charge in [-0.15, -0.1) is 0 Å². The largest absolute Gasteiger partial charge is 0.467 e. The Morgan fingerprint density at radius 1 is 1.40 bits per heavy atom. The fraction of sp³-hybridized carbons (Fsp3) is 0.467. The number of rotatable bonds is 6. The van der Waals surface area contributed by atoms with E-state index in [9.17, 15) is 9.59 Å². The van der Waals surface area contributed by atoms with Crippen LogP contribution in [0.2, 0.25) is 0 Å². The Bertz CT molecular complexity index is 498. The van der Waals surface area contributed by atoms with Gasteiger partial charge in [0.2, 0.25) is 0 Å². The normalized spacial score (nSPS) is 15.3. The van der Waals surface area contributed by atoms with E-state index in [1.54, 1.807) is 18.2 Å². The Balaban J connectivity index is 2.04. The second-order valence-corrected chi connectivity index (χ2v) is 4.96. The van der Waals surface area contributed by atoms with Crippen LogP contribution in [0.3, 0.4) is 0 Å². The summed E-state index contributed by atoms with van der Waals surface area (Å²) in [5.41, 5.74) is 1.34. The van der Waals surface area contributed by atoms with E-state index in [1.165, 1.54) is 7.11 Å². The number of ether oxygens (including phenoxy) is 1. The molecule has 0 saturated heterocycles. The number of hydrogen-bond donors (Lipinski definition) is 2. The summed E-state index contributed by atoms with van der Waals surface area (Å²) < 4.78 is 4.73. The van der Waals surface area contributed by atoms with Gasteiger partial charge in [0.25, 0.3) is 5.91 Å². The molecule has 20 heavy (non-hydrogen) atoms. The van der Waals surface area contributed by atoms with Crippen LogP contribution in [0.25, 0.3) is 0 Å². The predicted octanol–water partition coefficient (Wildman–Crippen LogP) is 1.94. The summed E-state index contributed by atoms with van der Waals surface area (Å²) in [6.45, 7) is 1.90. The Morgan fingerprint density at radius 2 is 2.15 bits per heavy atom. The van der Waals surface area contributed by atoms with Crippen molar-refractivity contribution in [2.24, 2.45) is 0 Å². The molecular weight excluding hydrogens is 256 g/mol. The Kier molecular flexibility index (Phi) is 4.61. The van der Waals surface area contributed by atoms with Crippen LogP contribution < -0.4 is 10.6 Å². The lowest BCUT2D eigenvalue weighted by molar-refractivity contribution is -0.141. The summed E-state index contributed by atoms with van der Waals surface area (Å²) in [4.78, 5) is 23.5. The Hall–Kier alpha value is -2.04. The van der Waals surface area contributed by atoms with Crippen molar-refractivity contribution in [3.63, 3.8) is 0 Å². The lowest BCUT2D eigenvalue weighted by Gasteiger charge is -2.16. The SMILES string of the molecule is CCC(Nc1cccc(C(=O)NC2CC2)c1)C(=O)OC. The first kappa shape index (κ1) is 14.4. The molecule has 0 aliphatic heterocycles. The van der Waals surface area contributed by atoms with Gasteiger partial charge in [0.05, 0.1) is 7.11 Å². The summed E-state index contributed by atoms with van der Waals surface area (Å²) in [6, 6.07) is 7.08. The Labute approximate surface area is 118 Å². The maximum absolute atomic E-state index is 12.0. The zero-order valence-corrected chi connectivity index (χ0v) is 11.8. The molecule has 1 aliphatic rings. The highest BCUT2D eigenvalue weighted by molar-refractivity contribution is 5.95. The molecule has 1 amide bonds. The number of carbonyl (C=O) groups is 2. The van der Waals surface area contributed by atoms with Gasteiger partial charge >= 0.3 is 5.97 Å². The van der Waals surface area contributed by atoms with E-state index in [2.05, 4.69) is 10.6 Å². The monoisotopic (exact) mass is 276 g/mol. The van der Waals surface area contributed by atoms with Crippen LogP contribution >= 0.6 is 0 Å². The third-order valence-corrected chi connectivity index (χ3v) is 3.27. The van der Waals surface area contributed by atoms with Crippen LogP contribution in [-0.4, -0.2) is 31.1 Å². The second kappa shape index (κ2) is 6.41. The molecule has 2 rings (SSSR count). The zero-order chi connectivity index (χ0) is 14.5. The van der Waals surface area contributed by atoms with Gasteiger partial charge in [-0.05, 0) is 37.5 Å². The van der Waals surface area contributed by atoms with Gasteiger partial charge in [0, 0.05) is 17.3 Å². The standard InChI is InChI=1S/C15H20N2O3/c1-3-13(15(19)20-2)16-12-6-4-5-10(9-12)14(18)17-11-7-8-11/h4-6,9,11,13,16H,3,7-8H2,1-2H3,(H,17,18). The summed E-state index contributed by atoms with van der Waals surface area (Å²) in [5.74, 6) is -0.373. The number of esters is 1. The van der Waals surface area contributed by atoms with Crippen LogP contribution in [0.1, 0.15) is 36.5 Å². The minimum absolute atomic E-state index is 0.0673. The molecule has 0 bridgehead atoms. The molecule has 5 heteroatoms. The van der Waals surface area contributed by atoms with Crippen molar-refractivity contribution in [1.29, 1.82) is 0 Å². The molecule has 1 atom stereocenters. The number of carbonyl (C=O) groups excluding carboxylic acids is 2. The van der Waals surface area contributed by atoms with Crippen molar-refractivity contribution in [3.8, 4) is 0 Å². The minimum atomic E-state index is -0.401. The van der Waals surface area contributed by atoms with E-state index in [0.717, 1.165) is 18.5 Å². The first-order chi connectivity index (χ1) is 9.63. The number of amides is 1. The van der Waals surface area contributed by atoms with Crippen molar-refractivity contribution >= 4 is 17.6 Å². The van der Waals surface area contributed by atoms with E-state index in [-0.39, 0.29) is 11.9 Å². The van der Waals surface area contributed by atoms with Crippen LogP contribution in [-0.2, 0) is 9.53 Å². The van der Waals surface area contributed by atoms with Crippen molar-refractivity contribution < 1.29 is 14.3 Å². The average Bonchev–Trinajstić information content (AvgIpc) is 3.28. The molecule has 2 N–H and O–H groups in total. The van der Waals surface area contributed by atoms with Crippen LogP contribution in [0, 0.1) is 0 Å². The highest BCUT2D eigenvalue weighted by atomic mass is 16.5. The van der Waals surface area contributed by atoms with Crippen molar-refractivity contribution in [2.75, 3.05) is 12.4 Å². The van der Waals surface area contributed by atoms with Crippen molar-refractivity contribution in [3.05, 3.63) is 29.8 Å². The predicted molar refractivity (Wildman–Crippen MR) is 76.6 cm³/mol. The molecule has 1 aliphatic carbocycles. The molecule has 1 aromatic carbocycles. The van der Waals surface area contributed by atoms with Crippen LogP contribution in [0.4, 0.5) is 5.69 Å². The number of methoxy groups -OCH3 is 1. The maximum Gasteiger partial charge on any atom is 0.328 e.